The third-order valence-electron chi connectivity index (χ3n) is 2.65. The Hall–Kier alpha value is -0.300. The normalized spacial score (nSPS) is 38.9. The number of nitrogens with zero attached hydrogens (tertiary/aromatic N) is 1. The van der Waals surface area contributed by atoms with Gasteiger partial charge in [0, 0.05) is 19.6 Å². The van der Waals surface area contributed by atoms with Crippen molar-refractivity contribution in [3.63, 3.8) is 0 Å². The fourth-order valence-corrected chi connectivity index (χ4v) is 1.90. The first kappa shape index (κ1) is 6.41. The zero-order valence-corrected chi connectivity index (χ0v) is 6.59. The summed E-state index contributed by atoms with van der Waals surface area (Å²) in [5.41, 5.74) is 0. The minimum Gasteiger partial charge on any atom is -0.299 e. The molecule has 0 N–H and O–H groups in total. The van der Waals surface area contributed by atoms with Gasteiger partial charge >= 0.3 is 0 Å². The molecule has 1 saturated carbocycles. The summed E-state index contributed by atoms with van der Waals surface area (Å²) in [6.45, 7) is 6.02. The average Bonchev–Trinajstić information content (AvgIpc) is 2.56. The molecule has 0 amide bonds. The van der Waals surface area contributed by atoms with Gasteiger partial charge in [-0.3, -0.25) is 4.90 Å². The molecule has 1 saturated heterocycles. The van der Waals surface area contributed by atoms with Crippen LogP contribution < -0.4 is 0 Å². The number of fused-ring (bicyclic) bond motifs is 1. The van der Waals surface area contributed by atoms with Crippen molar-refractivity contribution in [2.75, 3.05) is 19.6 Å². The van der Waals surface area contributed by atoms with Gasteiger partial charge in [0.25, 0.3) is 0 Å². The molecule has 0 aromatic heterocycles. The Labute approximate surface area is 62.7 Å². The first-order chi connectivity index (χ1) is 4.90. The van der Waals surface area contributed by atoms with Crippen LogP contribution in [0, 0.1) is 11.8 Å². The lowest BCUT2D eigenvalue weighted by Gasteiger charge is -2.13. The second-order valence-corrected chi connectivity index (χ2v) is 3.54. The molecule has 2 fully saturated rings. The van der Waals surface area contributed by atoms with Crippen LogP contribution in [0.3, 0.4) is 0 Å². The highest BCUT2D eigenvalue weighted by atomic mass is 15.2. The van der Waals surface area contributed by atoms with Crippen LogP contribution in [0.25, 0.3) is 0 Å². The molecule has 1 aliphatic carbocycles. The summed E-state index contributed by atoms with van der Waals surface area (Å²) in [6.07, 6.45) is 5.92. The maximum absolute atomic E-state index is 2.55. The summed E-state index contributed by atoms with van der Waals surface area (Å²) < 4.78 is 0. The summed E-state index contributed by atoms with van der Waals surface area (Å²) in [7, 11) is 0. The molecule has 1 nitrogen and oxygen atoms in total. The second-order valence-electron chi connectivity index (χ2n) is 3.54. The van der Waals surface area contributed by atoms with Crippen LogP contribution in [0.1, 0.15) is 13.3 Å². The van der Waals surface area contributed by atoms with E-state index in [2.05, 4.69) is 24.0 Å². The topological polar surface area (TPSA) is 3.24 Å². The summed E-state index contributed by atoms with van der Waals surface area (Å²) in [5, 5.41) is 0. The van der Waals surface area contributed by atoms with Gasteiger partial charge in [0.2, 0.25) is 0 Å². The monoisotopic (exact) mass is 137 g/mol. The van der Waals surface area contributed by atoms with E-state index < -0.39 is 0 Å². The molecule has 2 aliphatic rings. The van der Waals surface area contributed by atoms with E-state index >= 15 is 0 Å². The molecule has 10 heavy (non-hydrogen) atoms. The fourth-order valence-electron chi connectivity index (χ4n) is 1.90. The SMILES string of the molecule is C/C=C/CN1CC2CC2C1. The Balaban J connectivity index is 1.75. The number of rotatable bonds is 2. The quantitative estimate of drug-likeness (QED) is 0.521. The van der Waals surface area contributed by atoms with E-state index in [1.165, 1.54) is 26.1 Å². The Morgan fingerprint density at radius 1 is 1.40 bits per heavy atom. The molecule has 0 spiro atoms. The molecular formula is C9H15N. The van der Waals surface area contributed by atoms with E-state index in [0.29, 0.717) is 0 Å². The summed E-state index contributed by atoms with van der Waals surface area (Å²) in [5.74, 6) is 2.18. The van der Waals surface area contributed by atoms with E-state index in [9.17, 15) is 0 Å². The summed E-state index contributed by atoms with van der Waals surface area (Å²) in [4.78, 5) is 2.55. The molecular weight excluding hydrogens is 122 g/mol. The predicted octanol–water partition coefficient (Wildman–Crippen LogP) is 1.51. The van der Waals surface area contributed by atoms with Gasteiger partial charge in [-0.15, -0.1) is 0 Å². The highest BCUT2D eigenvalue weighted by Crippen LogP contribution is 2.44. The van der Waals surface area contributed by atoms with Gasteiger partial charge < -0.3 is 0 Å². The van der Waals surface area contributed by atoms with Gasteiger partial charge in [-0.1, -0.05) is 12.2 Å². The molecule has 2 unspecified atom stereocenters. The lowest BCUT2D eigenvalue weighted by molar-refractivity contribution is 0.337. The maximum atomic E-state index is 2.55. The molecule has 0 radical (unpaired) electrons. The molecule has 1 heterocycles. The Bertz CT molecular complexity index is 141. The van der Waals surface area contributed by atoms with E-state index in [1.54, 1.807) is 0 Å². The largest absolute Gasteiger partial charge is 0.299 e. The number of likely N-dealkylation sites (tertiary alicyclic amines) is 1. The van der Waals surface area contributed by atoms with Crippen molar-refractivity contribution in [3.05, 3.63) is 12.2 Å². The van der Waals surface area contributed by atoms with E-state index in [1.807, 2.05) is 0 Å². The van der Waals surface area contributed by atoms with Crippen molar-refractivity contribution >= 4 is 0 Å². The molecule has 1 aliphatic heterocycles. The van der Waals surface area contributed by atoms with Gasteiger partial charge in [0.15, 0.2) is 0 Å². The van der Waals surface area contributed by atoms with Gasteiger partial charge in [-0.05, 0) is 25.2 Å². The van der Waals surface area contributed by atoms with Crippen molar-refractivity contribution in [1.29, 1.82) is 0 Å². The minimum atomic E-state index is 1.09. The molecule has 0 bridgehead atoms. The molecule has 1 heteroatoms. The molecule has 56 valence electrons. The van der Waals surface area contributed by atoms with Crippen molar-refractivity contribution in [2.45, 2.75) is 13.3 Å². The number of allylic oxidation sites excluding steroid dienone is 1. The molecule has 2 atom stereocenters. The lowest BCUT2D eigenvalue weighted by Crippen LogP contribution is -2.22. The van der Waals surface area contributed by atoms with Crippen LogP contribution in [0.4, 0.5) is 0 Å². The predicted molar refractivity (Wildman–Crippen MR) is 42.9 cm³/mol. The minimum absolute atomic E-state index is 1.09. The summed E-state index contributed by atoms with van der Waals surface area (Å²) in [6, 6.07) is 0. The van der Waals surface area contributed by atoms with Crippen LogP contribution in [0.5, 0.6) is 0 Å². The van der Waals surface area contributed by atoms with Gasteiger partial charge in [-0.2, -0.15) is 0 Å². The second kappa shape index (κ2) is 2.39. The highest BCUT2D eigenvalue weighted by Gasteiger charge is 2.44. The van der Waals surface area contributed by atoms with Crippen molar-refractivity contribution in [2.24, 2.45) is 11.8 Å². The zero-order chi connectivity index (χ0) is 6.97. The van der Waals surface area contributed by atoms with Crippen molar-refractivity contribution in [3.8, 4) is 0 Å². The van der Waals surface area contributed by atoms with Crippen LogP contribution in [-0.2, 0) is 0 Å². The average molecular weight is 137 g/mol. The van der Waals surface area contributed by atoms with E-state index in [0.717, 1.165) is 11.8 Å². The highest BCUT2D eigenvalue weighted by molar-refractivity contribution is 4.98. The number of hydrogen-bond donors (Lipinski definition) is 0. The molecule has 2 rings (SSSR count). The van der Waals surface area contributed by atoms with Gasteiger partial charge in [-0.25, -0.2) is 0 Å². The zero-order valence-electron chi connectivity index (χ0n) is 6.59. The van der Waals surface area contributed by atoms with Crippen LogP contribution in [0.2, 0.25) is 0 Å². The third kappa shape index (κ3) is 1.10. The van der Waals surface area contributed by atoms with E-state index in [4.69, 9.17) is 0 Å². The Kier molecular flexibility index (Phi) is 1.53. The Morgan fingerprint density at radius 2 is 2.10 bits per heavy atom. The Morgan fingerprint density at radius 3 is 2.70 bits per heavy atom. The van der Waals surface area contributed by atoms with Gasteiger partial charge in [0.1, 0.15) is 0 Å². The third-order valence-corrected chi connectivity index (χ3v) is 2.65. The fraction of sp³-hybridized carbons (Fsp3) is 0.778. The van der Waals surface area contributed by atoms with Crippen LogP contribution >= 0.6 is 0 Å². The smallest absolute Gasteiger partial charge is 0.0163 e. The van der Waals surface area contributed by atoms with Crippen LogP contribution in [-0.4, -0.2) is 24.5 Å². The number of hydrogen-bond acceptors (Lipinski definition) is 1. The standard InChI is InChI=1S/C9H15N/c1-2-3-4-10-6-8-5-9(8)7-10/h2-3,8-9H,4-7H2,1H3/b3-2+. The first-order valence-corrected chi connectivity index (χ1v) is 4.23. The van der Waals surface area contributed by atoms with Crippen molar-refractivity contribution < 1.29 is 0 Å². The maximum Gasteiger partial charge on any atom is 0.0163 e. The van der Waals surface area contributed by atoms with Crippen LogP contribution in [0.15, 0.2) is 12.2 Å². The van der Waals surface area contributed by atoms with Crippen molar-refractivity contribution in [1.82, 2.24) is 4.90 Å². The number of piperidine rings is 1. The first-order valence-electron chi connectivity index (χ1n) is 4.23. The molecule has 0 aromatic rings. The summed E-state index contributed by atoms with van der Waals surface area (Å²) >= 11 is 0. The van der Waals surface area contributed by atoms with Gasteiger partial charge in [0.05, 0.1) is 0 Å². The molecule has 0 aromatic carbocycles. The van der Waals surface area contributed by atoms with E-state index in [-0.39, 0.29) is 0 Å². The lowest BCUT2D eigenvalue weighted by atomic mass is 10.4.